The van der Waals surface area contributed by atoms with E-state index in [9.17, 15) is 9.59 Å². The Labute approximate surface area is 132 Å². The van der Waals surface area contributed by atoms with Gasteiger partial charge in [-0.15, -0.1) is 0 Å². The number of aromatic carboxylic acids is 1. The molecule has 1 atom stereocenters. The Hall–Kier alpha value is -1.84. The quantitative estimate of drug-likeness (QED) is 0.878. The van der Waals surface area contributed by atoms with Crippen molar-refractivity contribution in [1.29, 1.82) is 0 Å². The maximum absolute atomic E-state index is 12.3. The van der Waals surface area contributed by atoms with Crippen molar-refractivity contribution in [2.45, 2.75) is 39.5 Å². The molecule has 0 bridgehead atoms. The molecule has 1 aromatic carbocycles. The van der Waals surface area contributed by atoms with Gasteiger partial charge in [-0.1, -0.05) is 26.0 Å². The Kier molecular flexibility index (Phi) is 5.58. The summed E-state index contributed by atoms with van der Waals surface area (Å²) in [5, 5.41) is 8.86. The summed E-state index contributed by atoms with van der Waals surface area (Å²) in [6.45, 7) is 6.24. The summed E-state index contributed by atoms with van der Waals surface area (Å²) >= 11 is 0. The smallest absolute Gasteiger partial charge is 0.335 e. The van der Waals surface area contributed by atoms with Crippen LogP contribution in [0.15, 0.2) is 24.3 Å². The monoisotopic (exact) mass is 303 g/mol. The lowest BCUT2D eigenvalue weighted by Gasteiger charge is -2.17. The highest BCUT2D eigenvalue weighted by molar-refractivity contribution is 5.87. The number of likely N-dealkylation sites (tertiary alicyclic amines) is 1. The second-order valence-corrected chi connectivity index (χ2v) is 6.63. The summed E-state index contributed by atoms with van der Waals surface area (Å²) in [7, 11) is 0. The zero-order valence-corrected chi connectivity index (χ0v) is 13.4. The molecular weight excluding hydrogens is 278 g/mol. The van der Waals surface area contributed by atoms with Crippen molar-refractivity contribution in [3.05, 3.63) is 35.4 Å². The van der Waals surface area contributed by atoms with Gasteiger partial charge in [-0.3, -0.25) is 4.79 Å². The minimum absolute atomic E-state index is 0.216. The summed E-state index contributed by atoms with van der Waals surface area (Å²) < 4.78 is 0. The van der Waals surface area contributed by atoms with Crippen molar-refractivity contribution in [2.24, 2.45) is 11.8 Å². The molecular formula is C18H25NO3. The third-order valence-electron chi connectivity index (χ3n) is 4.27. The van der Waals surface area contributed by atoms with Gasteiger partial charge in [-0.2, -0.15) is 0 Å². The van der Waals surface area contributed by atoms with E-state index in [2.05, 4.69) is 13.8 Å². The molecule has 2 rings (SSSR count). The van der Waals surface area contributed by atoms with E-state index >= 15 is 0 Å². The average Bonchev–Trinajstić information content (AvgIpc) is 2.93. The summed E-state index contributed by atoms with van der Waals surface area (Å²) in [5.41, 5.74) is 1.29. The number of rotatable bonds is 6. The van der Waals surface area contributed by atoms with Gasteiger partial charge in [0.1, 0.15) is 0 Å². The molecule has 1 unspecified atom stereocenters. The van der Waals surface area contributed by atoms with Gasteiger partial charge in [-0.25, -0.2) is 4.79 Å². The molecule has 4 heteroatoms. The Morgan fingerprint density at radius 3 is 2.55 bits per heavy atom. The maximum Gasteiger partial charge on any atom is 0.335 e. The maximum atomic E-state index is 12.3. The molecule has 0 radical (unpaired) electrons. The van der Waals surface area contributed by atoms with Gasteiger partial charge >= 0.3 is 5.97 Å². The van der Waals surface area contributed by atoms with Crippen LogP contribution in [0.25, 0.3) is 0 Å². The van der Waals surface area contributed by atoms with Gasteiger partial charge in [0.2, 0.25) is 5.91 Å². The number of aryl methyl sites for hydroxylation is 1. The van der Waals surface area contributed by atoms with Crippen molar-refractivity contribution in [1.82, 2.24) is 4.90 Å². The molecule has 1 saturated heterocycles. The van der Waals surface area contributed by atoms with Crippen molar-refractivity contribution in [3.63, 3.8) is 0 Å². The van der Waals surface area contributed by atoms with E-state index in [1.807, 2.05) is 4.90 Å². The zero-order valence-electron chi connectivity index (χ0n) is 13.4. The van der Waals surface area contributed by atoms with Crippen LogP contribution < -0.4 is 0 Å². The number of hydrogen-bond acceptors (Lipinski definition) is 2. The lowest BCUT2D eigenvalue weighted by Crippen LogP contribution is -2.29. The number of carbonyl (C=O) groups excluding carboxylic acids is 1. The first-order valence-corrected chi connectivity index (χ1v) is 8.05. The molecule has 1 fully saturated rings. The minimum Gasteiger partial charge on any atom is -0.478 e. The van der Waals surface area contributed by atoms with Crippen LogP contribution in [-0.4, -0.2) is 35.0 Å². The molecule has 1 aromatic rings. The third kappa shape index (κ3) is 4.58. The first-order chi connectivity index (χ1) is 10.5. The third-order valence-corrected chi connectivity index (χ3v) is 4.27. The Morgan fingerprint density at radius 2 is 1.95 bits per heavy atom. The van der Waals surface area contributed by atoms with Gasteiger partial charge in [0.25, 0.3) is 0 Å². The van der Waals surface area contributed by atoms with E-state index in [1.54, 1.807) is 24.3 Å². The normalized spacial score (nSPS) is 18.0. The lowest BCUT2D eigenvalue weighted by atomic mass is 9.97. The van der Waals surface area contributed by atoms with Crippen LogP contribution in [0, 0.1) is 11.8 Å². The fourth-order valence-electron chi connectivity index (χ4n) is 3.14. The van der Waals surface area contributed by atoms with Crippen LogP contribution in [0.1, 0.15) is 49.0 Å². The molecule has 0 aliphatic carbocycles. The largest absolute Gasteiger partial charge is 0.478 e. The molecule has 0 aromatic heterocycles. The summed E-state index contributed by atoms with van der Waals surface area (Å²) in [6.07, 6.45) is 3.49. The van der Waals surface area contributed by atoms with Crippen molar-refractivity contribution in [3.8, 4) is 0 Å². The zero-order chi connectivity index (χ0) is 16.1. The molecule has 1 heterocycles. The van der Waals surface area contributed by atoms with E-state index in [-0.39, 0.29) is 11.5 Å². The van der Waals surface area contributed by atoms with Crippen LogP contribution >= 0.6 is 0 Å². The van der Waals surface area contributed by atoms with Gasteiger partial charge in [0.15, 0.2) is 0 Å². The fourth-order valence-corrected chi connectivity index (χ4v) is 3.14. The van der Waals surface area contributed by atoms with Gasteiger partial charge in [-0.05, 0) is 48.8 Å². The molecule has 1 N–H and O–H groups in total. The lowest BCUT2D eigenvalue weighted by molar-refractivity contribution is -0.130. The number of carboxylic acids is 1. The standard InChI is InChI=1S/C18H25NO3/c1-13(2)11-15-9-10-19(12-15)17(20)8-5-14-3-6-16(7-4-14)18(21)22/h3-4,6-7,13,15H,5,8-12H2,1-2H3,(H,21,22). The fraction of sp³-hybridized carbons (Fsp3) is 0.556. The van der Waals surface area contributed by atoms with Crippen molar-refractivity contribution < 1.29 is 14.7 Å². The van der Waals surface area contributed by atoms with Gasteiger partial charge in [0.05, 0.1) is 5.56 Å². The van der Waals surface area contributed by atoms with E-state index in [4.69, 9.17) is 5.11 Å². The van der Waals surface area contributed by atoms with Crippen LogP contribution in [0.2, 0.25) is 0 Å². The average molecular weight is 303 g/mol. The molecule has 1 aliphatic heterocycles. The van der Waals surface area contributed by atoms with E-state index in [1.165, 1.54) is 6.42 Å². The number of hydrogen-bond donors (Lipinski definition) is 1. The van der Waals surface area contributed by atoms with Gasteiger partial charge in [0, 0.05) is 19.5 Å². The van der Waals surface area contributed by atoms with E-state index < -0.39 is 5.97 Å². The SMILES string of the molecule is CC(C)CC1CCN(C(=O)CCc2ccc(C(=O)O)cc2)C1. The number of carboxylic acid groups (broad SMARTS) is 1. The first-order valence-electron chi connectivity index (χ1n) is 8.05. The van der Waals surface area contributed by atoms with Crippen molar-refractivity contribution in [2.75, 3.05) is 13.1 Å². The topological polar surface area (TPSA) is 57.6 Å². The summed E-state index contributed by atoms with van der Waals surface area (Å²) in [6, 6.07) is 6.78. The van der Waals surface area contributed by atoms with E-state index in [0.29, 0.717) is 24.7 Å². The molecule has 4 nitrogen and oxygen atoms in total. The molecule has 1 amide bonds. The second-order valence-electron chi connectivity index (χ2n) is 6.63. The van der Waals surface area contributed by atoms with Crippen LogP contribution in [0.3, 0.4) is 0 Å². The molecule has 0 saturated carbocycles. The Morgan fingerprint density at radius 1 is 1.27 bits per heavy atom. The van der Waals surface area contributed by atoms with Crippen LogP contribution in [0.5, 0.6) is 0 Å². The molecule has 120 valence electrons. The second kappa shape index (κ2) is 7.43. The molecule has 22 heavy (non-hydrogen) atoms. The summed E-state index contributed by atoms with van der Waals surface area (Å²) in [5.74, 6) is 0.635. The van der Waals surface area contributed by atoms with Crippen molar-refractivity contribution >= 4 is 11.9 Å². The van der Waals surface area contributed by atoms with Crippen LogP contribution in [0.4, 0.5) is 0 Å². The van der Waals surface area contributed by atoms with Gasteiger partial charge < -0.3 is 10.0 Å². The minimum atomic E-state index is -0.920. The first kappa shape index (κ1) is 16.5. The Balaban J connectivity index is 1.79. The highest BCUT2D eigenvalue weighted by Crippen LogP contribution is 2.24. The molecule has 0 spiro atoms. The highest BCUT2D eigenvalue weighted by atomic mass is 16.4. The molecule has 1 aliphatic rings. The number of carbonyl (C=O) groups is 2. The Bertz CT molecular complexity index is 522. The number of benzene rings is 1. The predicted molar refractivity (Wildman–Crippen MR) is 85.9 cm³/mol. The predicted octanol–water partition coefficient (Wildman–Crippen LogP) is 3.21. The number of amides is 1. The summed E-state index contributed by atoms with van der Waals surface area (Å²) in [4.78, 5) is 25.0. The highest BCUT2D eigenvalue weighted by Gasteiger charge is 2.26. The number of nitrogens with zero attached hydrogens (tertiary/aromatic N) is 1. The van der Waals surface area contributed by atoms with Crippen LogP contribution in [-0.2, 0) is 11.2 Å². The van der Waals surface area contributed by atoms with E-state index in [0.717, 1.165) is 25.1 Å².